The second kappa shape index (κ2) is 6.42. The Kier molecular flexibility index (Phi) is 4.57. The van der Waals surface area contributed by atoms with E-state index < -0.39 is 0 Å². The lowest BCUT2D eigenvalue weighted by Gasteiger charge is -2.15. The fourth-order valence-electron chi connectivity index (χ4n) is 2.97. The van der Waals surface area contributed by atoms with Gasteiger partial charge in [0.25, 0.3) is 0 Å². The van der Waals surface area contributed by atoms with Gasteiger partial charge in [-0.2, -0.15) is 0 Å². The van der Waals surface area contributed by atoms with E-state index in [0.717, 1.165) is 23.4 Å². The number of carbonyl (C=O) groups excluding carboxylic acids is 1. The maximum Gasteiger partial charge on any atom is 0.225 e. The van der Waals surface area contributed by atoms with Crippen LogP contribution in [0.4, 0.5) is 5.13 Å². The van der Waals surface area contributed by atoms with Crippen LogP contribution >= 0.6 is 11.3 Å². The van der Waals surface area contributed by atoms with Crippen molar-refractivity contribution in [2.24, 2.45) is 0 Å². The zero-order valence-electron chi connectivity index (χ0n) is 12.8. The molecule has 2 heterocycles. The fraction of sp³-hybridized carbons (Fsp3) is 0.733. The van der Waals surface area contributed by atoms with E-state index in [2.05, 4.69) is 20.6 Å². The first-order valence-corrected chi connectivity index (χ1v) is 8.75. The van der Waals surface area contributed by atoms with Crippen LogP contribution in [-0.4, -0.2) is 47.5 Å². The maximum atomic E-state index is 11.5. The quantitative estimate of drug-likeness (QED) is 0.871. The van der Waals surface area contributed by atoms with E-state index in [1.54, 1.807) is 23.2 Å². The van der Waals surface area contributed by atoms with Gasteiger partial charge < -0.3 is 5.32 Å². The van der Waals surface area contributed by atoms with Gasteiger partial charge in [0.05, 0.1) is 5.69 Å². The fourth-order valence-corrected chi connectivity index (χ4v) is 3.90. The highest BCUT2D eigenvalue weighted by Gasteiger charge is 2.34. The minimum absolute atomic E-state index is 0.0576. The summed E-state index contributed by atoms with van der Waals surface area (Å²) in [6.45, 7) is 7.46. The summed E-state index contributed by atoms with van der Waals surface area (Å²) in [5, 5.41) is 6.48. The topological polar surface area (TPSA) is 48.5 Å². The predicted molar refractivity (Wildman–Crippen MR) is 85.7 cm³/mol. The third-order valence-electron chi connectivity index (χ3n) is 4.32. The Morgan fingerprint density at radius 3 is 3.00 bits per heavy atom. The van der Waals surface area contributed by atoms with Gasteiger partial charge in [-0.3, -0.25) is 14.6 Å². The number of amides is 1. The van der Waals surface area contributed by atoms with Crippen LogP contribution in [0.3, 0.4) is 0 Å². The van der Waals surface area contributed by atoms with E-state index in [4.69, 9.17) is 0 Å². The van der Waals surface area contributed by atoms with Crippen LogP contribution in [0, 0.1) is 0 Å². The highest BCUT2D eigenvalue weighted by Crippen LogP contribution is 2.30. The lowest BCUT2D eigenvalue weighted by molar-refractivity contribution is -0.116. The minimum Gasteiger partial charge on any atom is -0.307 e. The monoisotopic (exact) mass is 308 g/mol. The van der Waals surface area contributed by atoms with Gasteiger partial charge in [-0.05, 0) is 26.2 Å². The second-order valence-electron chi connectivity index (χ2n) is 5.98. The zero-order valence-corrected chi connectivity index (χ0v) is 13.7. The average molecular weight is 308 g/mol. The lowest BCUT2D eigenvalue weighted by Crippen LogP contribution is -2.33. The van der Waals surface area contributed by atoms with Crippen molar-refractivity contribution in [3.63, 3.8) is 0 Å². The first-order chi connectivity index (χ1) is 10.2. The number of nitrogens with one attached hydrogen (secondary N) is 1. The molecule has 6 heteroatoms. The van der Waals surface area contributed by atoms with Crippen molar-refractivity contribution in [1.29, 1.82) is 0 Å². The number of nitrogens with zero attached hydrogens (tertiary/aromatic N) is 3. The van der Waals surface area contributed by atoms with Gasteiger partial charge in [0.1, 0.15) is 0 Å². The van der Waals surface area contributed by atoms with Gasteiger partial charge in [0, 0.05) is 50.6 Å². The molecular formula is C15H24N4OS. The number of likely N-dealkylation sites (tertiary alicyclic amines) is 1. The summed E-state index contributed by atoms with van der Waals surface area (Å²) in [6.07, 6.45) is 4.02. The molecule has 0 aromatic carbocycles. The number of thiazole rings is 1. The van der Waals surface area contributed by atoms with E-state index in [1.165, 1.54) is 32.4 Å². The zero-order chi connectivity index (χ0) is 14.8. The van der Waals surface area contributed by atoms with Crippen LogP contribution in [0.2, 0.25) is 0 Å². The van der Waals surface area contributed by atoms with E-state index in [1.807, 2.05) is 6.92 Å². The molecule has 1 N–H and O–H groups in total. The van der Waals surface area contributed by atoms with Gasteiger partial charge in [0.15, 0.2) is 5.13 Å². The summed E-state index contributed by atoms with van der Waals surface area (Å²) in [5.74, 6) is 0.0576. The molecule has 0 bridgehead atoms. The van der Waals surface area contributed by atoms with Crippen molar-refractivity contribution in [3.05, 3.63) is 11.1 Å². The second-order valence-corrected chi connectivity index (χ2v) is 6.81. The van der Waals surface area contributed by atoms with Gasteiger partial charge in [-0.1, -0.05) is 0 Å². The standard InChI is InChI=1S/C15H24N4OS/c1-3-19(11(2)20)15-17-13(10-21-15)8-16-12-6-7-18(9-12)14-4-5-14/h10,12,14,16H,3-9H2,1-2H3. The van der Waals surface area contributed by atoms with E-state index in [0.29, 0.717) is 12.6 Å². The van der Waals surface area contributed by atoms with E-state index in [-0.39, 0.29) is 5.91 Å². The van der Waals surface area contributed by atoms with Gasteiger partial charge >= 0.3 is 0 Å². The normalized spacial score (nSPS) is 22.7. The third-order valence-corrected chi connectivity index (χ3v) is 5.23. The van der Waals surface area contributed by atoms with Gasteiger partial charge in [0.2, 0.25) is 5.91 Å². The predicted octanol–water partition coefficient (Wildman–Crippen LogP) is 1.84. The molecule has 21 heavy (non-hydrogen) atoms. The number of rotatable bonds is 6. The van der Waals surface area contributed by atoms with Crippen LogP contribution in [0.5, 0.6) is 0 Å². The smallest absolute Gasteiger partial charge is 0.225 e. The average Bonchev–Trinajstić information content (AvgIpc) is 3.02. The molecule has 0 radical (unpaired) electrons. The molecule has 1 unspecified atom stereocenters. The van der Waals surface area contributed by atoms with Crippen LogP contribution in [0.25, 0.3) is 0 Å². The Labute approximate surface area is 130 Å². The molecule has 3 rings (SSSR count). The minimum atomic E-state index is 0.0576. The van der Waals surface area contributed by atoms with Crippen molar-refractivity contribution < 1.29 is 4.79 Å². The van der Waals surface area contributed by atoms with Crippen LogP contribution in [0.1, 0.15) is 38.8 Å². The largest absolute Gasteiger partial charge is 0.307 e. The summed E-state index contributed by atoms with van der Waals surface area (Å²) >= 11 is 1.55. The first-order valence-electron chi connectivity index (χ1n) is 7.87. The summed E-state index contributed by atoms with van der Waals surface area (Å²) in [7, 11) is 0. The molecule has 2 aliphatic rings. The van der Waals surface area contributed by atoms with Crippen molar-refractivity contribution in [1.82, 2.24) is 15.2 Å². The molecule has 1 atom stereocenters. The molecule has 0 spiro atoms. The molecule has 1 saturated carbocycles. The highest BCUT2D eigenvalue weighted by atomic mass is 32.1. The van der Waals surface area contributed by atoms with Crippen molar-refractivity contribution >= 4 is 22.4 Å². The highest BCUT2D eigenvalue weighted by molar-refractivity contribution is 7.14. The number of aromatic nitrogens is 1. The molecule has 1 aromatic heterocycles. The summed E-state index contributed by atoms with van der Waals surface area (Å²) in [4.78, 5) is 20.4. The summed E-state index contributed by atoms with van der Waals surface area (Å²) < 4.78 is 0. The van der Waals surface area contributed by atoms with Crippen molar-refractivity contribution in [2.75, 3.05) is 24.5 Å². The molecule has 1 aliphatic carbocycles. The van der Waals surface area contributed by atoms with Crippen molar-refractivity contribution in [3.8, 4) is 0 Å². The SMILES string of the molecule is CCN(C(C)=O)c1nc(CNC2CCN(C3CC3)C2)cs1. The molecule has 5 nitrogen and oxygen atoms in total. The number of carbonyl (C=O) groups is 1. The Morgan fingerprint density at radius 1 is 1.52 bits per heavy atom. The Balaban J connectivity index is 1.49. The van der Waals surface area contributed by atoms with Crippen LogP contribution in [0.15, 0.2) is 5.38 Å². The Hall–Kier alpha value is -0.980. The molecule has 1 aromatic rings. The van der Waals surface area contributed by atoms with Gasteiger partial charge in [-0.15, -0.1) is 11.3 Å². The summed E-state index contributed by atoms with van der Waals surface area (Å²) in [5.41, 5.74) is 1.04. The Bertz CT molecular complexity index is 500. The van der Waals surface area contributed by atoms with Gasteiger partial charge in [-0.25, -0.2) is 4.98 Å². The number of anilines is 1. The molecule has 1 amide bonds. The number of hydrogen-bond acceptors (Lipinski definition) is 5. The third kappa shape index (κ3) is 3.62. The molecule has 1 saturated heterocycles. The van der Waals surface area contributed by atoms with Crippen LogP contribution < -0.4 is 10.2 Å². The van der Waals surface area contributed by atoms with E-state index in [9.17, 15) is 4.79 Å². The van der Waals surface area contributed by atoms with Crippen molar-refractivity contribution in [2.45, 2.75) is 51.7 Å². The maximum absolute atomic E-state index is 11.5. The van der Waals surface area contributed by atoms with E-state index >= 15 is 0 Å². The Morgan fingerprint density at radius 2 is 2.33 bits per heavy atom. The molecule has 2 fully saturated rings. The molecular weight excluding hydrogens is 284 g/mol. The molecule has 1 aliphatic heterocycles. The number of hydrogen-bond donors (Lipinski definition) is 1. The lowest BCUT2D eigenvalue weighted by atomic mass is 10.2. The summed E-state index contributed by atoms with van der Waals surface area (Å²) in [6, 6.07) is 1.46. The van der Waals surface area contributed by atoms with Crippen LogP contribution in [-0.2, 0) is 11.3 Å². The first kappa shape index (κ1) is 14.9. The molecule has 116 valence electrons.